The summed E-state index contributed by atoms with van der Waals surface area (Å²) in [7, 11) is -1.64. The van der Waals surface area contributed by atoms with E-state index in [-0.39, 0.29) is 16.6 Å². The molecule has 3 rings (SSSR count). The molecule has 2 aromatic carbocycles. The average Bonchev–Trinajstić information content (AvgIpc) is 3.01. The molecule has 7 heteroatoms. The summed E-state index contributed by atoms with van der Waals surface area (Å²) in [6.07, 6.45) is 3.25. The first kappa shape index (κ1) is 16.9. The number of amides is 1. The van der Waals surface area contributed by atoms with E-state index < -0.39 is 9.84 Å². The smallest absolute Gasteiger partial charge is 0.255 e. The van der Waals surface area contributed by atoms with Gasteiger partial charge in [-0.15, -0.1) is 0 Å². The van der Waals surface area contributed by atoms with Gasteiger partial charge in [0.05, 0.1) is 22.5 Å². The first-order valence-corrected chi connectivity index (χ1v) is 9.26. The predicted octanol–water partition coefficient (Wildman–Crippen LogP) is 2.65. The van der Waals surface area contributed by atoms with E-state index in [0.29, 0.717) is 16.8 Å². The third-order valence-corrected chi connectivity index (χ3v) is 5.34. The second-order valence-electron chi connectivity index (χ2n) is 5.63. The largest absolute Gasteiger partial charge is 0.319 e. The number of nitrogens with zero attached hydrogens (tertiary/aromatic N) is 2. The van der Waals surface area contributed by atoms with Gasteiger partial charge in [0.1, 0.15) is 0 Å². The SMILES string of the molecule is Cn1cc(NC(=O)c2ccc(CS(=O)(=O)c3ccccc3)cc2)cn1. The minimum Gasteiger partial charge on any atom is -0.319 e. The highest BCUT2D eigenvalue weighted by atomic mass is 32.2. The second-order valence-corrected chi connectivity index (χ2v) is 7.62. The van der Waals surface area contributed by atoms with Crippen LogP contribution in [-0.2, 0) is 22.6 Å². The fourth-order valence-corrected chi connectivity index (χ4v) is 3.74. The third kappa shape index (κ3) is 4.13. The number of aromatic nitrogens is 2. The molecule has 0 unspecified atom stereocenters. The molecule has 0 bridgehead atoms. The van der Waals surface area contributed by atoms with E-state index in [9.17, 15) is 13.2 Å². The molecule has 0 saturated carbocycles. The maximum Gasteiger partial charge on any atom is 0.255 e. The molecule has 3 aromatic rings. The Morgan fingerprint density at radius 1 is 1.08 bits per heavy atom. The molecule has 1 heterocycles. The number of hydrogen-bond donors (Lipinski definition) is 1. The number of rotatable bonds is 5. The Labute approximate surface area is 146 Å². The van der Waals surface area contributed by atoms with Gasteiger partial charge in [-0.2, -0.15) is 5.10 Å². The van der Waals surface area contributed by atoms with Crippen LogP contribution in [0.3, 0.4) is 0 Å². The number of hydrogen-bond acceptors (Lipinski definition) is 4. The molecule has 0 radical (unpaired) electrons. The highest BCUT2D eigenvalue weighted by Crippen LogP contribution is 2.17. The van der Waals surface area contributed by atoms with Crippen LogP contribution in [0.25, 0.3) is 0 Å². The Hall–Kier alpha value is -2.93. The van der Waals surface area contributed by atoms with Crippen molar-refractivity contribution < 1.29 is 13.2 Å². The lowest BCUT2D eigenvalue weighted by atomic mass is 10.1. The van der Waals surface area contributed by atoms with E-state index in [2.05, 4.69) is 10.4 Å². The van der Waals surface area contributed by atoms with Crippen LogP contribution in [0, 0.1) is 0 Å². The summed E-state index contributed by atoms with van der Waals surface area (Å²) in [6, 6.07) is 14.8. The van der Waals surface area contributed by atoms with Crippen molar-refractivity contribution in [2.45, 2.75) is 10.6 Å². The fraction of sp³-hybridized carbons (Fsp3) is 0.111. The third-order valence-electron chi connectivity index (χ3n) is 3.64. The average molecular weight is 355 g/mol. The first-order valence-electron chi connectivity index (χ1n) is 7.61. The van der Waals surface area contributed by atoms with Crippen molar-refractivity contribution in [3.8, 4) is 0 Å². The van der Waals surface area contributed by atoms with Crippen molar-refractivity contribution in [1.82, 2.24) is 9.78 Å². The Balaban J connectivity index is 1.71. The molecule has 0 fully saturated rings. The van der Waals surface area contributed by atoms with Gasteiger partial charge in [0.25, 0.3) is 5.91 Å². The van der Waals surface area contributed by atoms with Gasteiger partial charge in [0.2, 0.25) is 0 Å². The van der Waals surface area contributed by atoms with Gasteiger partial charge in [-0.05, 0) is 29.8 Å². The summed E-state index contributed by atoms with van der Waals surface area (Å²) in [6.45, 7) is 0. The van der Waals surface area contributed by atoms with Gasteiger partial charge < -0.3 is 5.32 Å². The van der Waals surface area contributed by atoms with Gasteiger partial charge in [-0.1, -0.05) is 30.3 Å². The van der Waals surface area contributed by atoms with Crippen LogP contribution in [0.4, 0.5) is 5.69 Å². The van der Waals surface area contributed by atoms with Gasteiger partial charge in [-0.25, -0.2) is 8.42 Å². The van der Waals surface area contributed by atoms with Crippen molar-refractivity contribution in [3.05, 3.63) is 78.1 Å². The molecular weight excluding hydrogens is 338 g/mol. The summed E-state index contributed by atoms with van der Waals surface area (Å²) >= 11 is 0. The molecule has 0 aliphatic rings. The highest BCUT2D eigenvalue weighted by molar-refractivity contribution is 7.90. The van der Waals surface area contributed by atoms with E-state index in [4.69, 9.17) is 0 Å². The van der Waals surface area contributed by atoms with Crippen LogP contribution in [0.2, 0.25) is 0 Å². The minimum absolute atomic E-state index is 0.110. The Morgan fingerprint density at radius 3 is 2.36 bits per heavy atom. The Kier molecular flexibility index (Phi) is 4.67. The Morgan fingerprint density at radius 2 is 1.76 bits per heavy atom. The van der Waals surface area contributed by atoms with Crippen molar-refractivity contribution in [2.24, 2.45) is 7.05 Å². The molecule has 1 N–H and O–H groups in total. The molecule has 0 atom stereocenters. The predicted molar refractivity (Wildman–Crippen MR) is 94.9 cm³/mol. The van der Waals surface area contributed by atoms with E-state index in [0.717, 1.165) is 0 Å². The van der Waals surface area contributed by atoms with E-state index in [1.807, 2.05) is 0 Å². The Bertz CT molecular complexity index is 978. The first-order chi connectivity index (χ1) is 11.9. The summed E-state index contributed by atoms with van der Waals surface area (Å²) in [5.74, 6) is -0.382. The van der Waals surface area contributed by atoms with Gasteiger partial charge in [-0.3, -0.25) is 9.48 Å². The lowest BCUT2D eigenvalue weighted by Crippen LogP contribution is -2.11. The number of carbonyl (C=O) groups excluding carboxylic acids is 1. The van der Waals surface area contributed by atoms with Gasteiger partial charge >= 0.3 is 0 Å². The molecule has 1 aromatic heterocycles. The zero-order chi connectivity index (χ0) is 17.9. The maximum atomic E-state index is 12.4. The van der Waals surface area contributed by atoms with Crippen LogP contribution in [0.1, 0.15) is 15.9 Å². The van der Waals surface area contributed by atoms with Crippen molar-refractivity contribution in [2.75, 3.05) is 5.32 Å². The molecule has 1 amide bonds. The number of benzene rings is 2. The van der Waals surface area contributed by atoms with Crippen molar-refractivity contribution >= 4 is 21.4 Å². The molecule has 25 heavy (non-hydrogen) atoms. The van der Waals surface area contributed by atoms with Gasteiger partial charge in [0, 0.05) is 18.8 Å². The highest BCUT2D eigenvalue weighted by Gasteiger charge is 2.15. The molecule has 6 nitrogen and oxygen atoms in total. The van der Waals surface area contributed by atoms with Crippen LogP contribution in [0.15, 0.2) is 71.9 Å². The molecule has 0 aliphatic carbocycles. The van der Waals surface area contributed by atoms with Crippen LogP contribution in [-0.4, -0.2) is 24.1 Å². The van der Waals surface area contributed by atoms with E-state index in [1.54, 1.807) is 78.7 Å². The topological polar surface area (TPSA) is 81.1 Å². The summed E-state index contributed by atoms with van der Waals surface area (Å²) < 4.78 is 26.3. The lowest BCUT2D eigenvalue weighted by molar-refractivity contribution is 0.102. The quantitative estimate of drug-likeness (QED) is 0.763. The fourth-order valence-electron chi connectivity index (χ4n) is 2.37. The van der Waals surface area contributed by atoms with Crippen LogP contribution in [0.5, 0.6) is 0 Å². The summed E-state index contributed by atoms with van der Waals surface area (Å²) in [5.41, 5.74) is 1.68. The van der Waals surface area contributed by atoms with E-state index >= 15 is 0 Å². The number of sulfone groups is 1. The molecule has 0 spiro atoms. The van der Waals surface area contributed by atoms with Gasteiger partial charge in [0.15, 0.2) is 9.84 Å². The van der Waals surface area contributed by atoms with E-state index in [1.165, 1.54) is 0 Å². The standard InChI is InChI=1S/C18H17N3O3S/c1-21-12-16(11-19-21)20-18(22)15-9-7-14(8-10-15)13-25(23,24)17-5-3-2-4-6-17/h2-12H,13H2,1H3,(H,20,22). The lowest BCUT2D eigenvalue weighted by Gasteiger charge is -2.06. The second kappa shape index (κ2) is 6.90. The summed E-state index contributed by atoms with van der Waals surface area (Å²) in [5, 5.41) is 6.71. The number of anilines is 1. The number of carbonyl (C=O) groups is 1. The monoisotopic (exact) mass is 355 g/mol. The molecule has 0 aliphatic heterocycles. The molecule has 128 valence electrons. The van der Waals surface area contributed by atoms with Crippen LogP contribution < -0.4 is 5.32 Å². The minimum atomic E-state index is -3.40. The zero-order valence-corrected chi connectivity index (χ0v) is 14.4. The van der Waals surface area contributed by atoms with Crippen LogP contribution >= 0.6 is 0 Å². The number of aryl methyl sites for hydroxylation is 1. The van der Waals surface area contributed by atoms with Crippen molar-refractivity contribution in [3.63, 3.8) is 0 Å². The maximum absolute atomic E-state index is 12.4. The normalized spacial score (nSPS) is 11.2. The molecule has 0 saturated heterocycles. The molecular formula is C18H17N3O3S. The number of nitrogens with one attached hydrogen (secondary N) is 1. The zero-order valence-electron chi connectivity index (χ0n) is 13.6. The summed E-state index contributed by atoms with van der Waals surface area (Å²) in [4.78, 5) is 12.5. The van der Waals surface area contributed by atoms with Crippen molar-refractivity contribution in [1.29, 1.82) is 0 Å².